The van der Waals surface area contributed by atoms with Crippen molar-refractivity contribution in [2.75, 3.05) is 19.4 Å². The summed E-state index contributed by atoms with van der Waals surface area (Å²) in [4.78, 5) is 30.9. The van der Waals surface area contributed by atoms with Crippen molar-refractivity contribution in [2.45, 2.75) is 6.54 Å². The number of amides is 2. The van der Waals surface area contributed by atoms with E-state index in [2.05, 4.69) is 16.9 Å². The molecule has 2 amide bonds. The maximum atomic E-state index is 12.8. The SMILES string of the molecule is C=CCN1C(=O)C(=Cc2ccc(O)c(OC)c2)N=C1SCC(=O)NCc1ccccc1. The molecule has 0 atom stereocenters. The number of amidine groups is 1. The Morgan fingerprint density at radius 2 is 2.06 bits per heavy atom. The highest BCUT2D eigenvalue weighted by atomic mass is 32.2. The van der Waals surface area contributed by atoms with Crippen LogP contribution in [0.5, 0.6) is 11.5 Å². The molecule has 0 unspecified atom stereocenters. The molecule has 0 spiro atoms. The van der Waals surface area contributed by atoms with E-state index in [1.54, 1.807) is 24.3 Å². The number of methoxy groups -OCH3 is 1. The van der Waals surface area contributed by atoms with Crippen LogP contribution < -0.4 is 10.1 Å². The number of carbonyl (C=O) groups is 2. The molecule has 2 aromatic carbocycles. The van der Waals surface area contributed by atoms with Crippen molar-refractivity contribution in [3.63, 3.8) is 0 Å². The largest absolute Gasteiger partial charge is 0.504 e. The van der Waals surface area contributed by atoms with E-state index in [1.807, 2.05) is 30.3 Å². The Balaban J connectivity index is 1.69. The van der Waals surface area contributed by atoms with Crippen LogP contribution in [0.3, 0.4) is 0 Å². The summed E-state index contributed by atoms with van der Waals surface area (Å²) in [5.41, 5.74) is 1.91. The maximum Gasteiger partial charge on any atom is 0.278 e. The Bertz CT molecular complexity index is 1030. The first kappa shape index (κ1) is 22.2. The third-order valence-electron chi connectivity index (χ3n) is 4.39. The van der Waals surface area contributed by atoms with E-state index in [0.29, 0.717) is 23.0 Å². The summed E-state index contributed by atoms with van der Waals surface area (Å²) >= 11 is 1.19. The molecule has 1 aliphatic rings. The first-order valence-corrected chi connectivity index (χ1v) is 10.5. The number of nitrogens with one attached hydrogen (secondary N) is 1. The molecular weight excluding hydrogens is 414 g/mol. The van der Waals surface area contributed by atoms with Crippen LogP contribution in [0.4, 0.5) is 0 Å². The molecular formula is C23H23N3O4S. The lowest BCUT2D eigenvalue weighted by Gasteiger charge is -2.15. The van der Waals surface area contributed by atoms with Crippen LogP contribution >= 0.6 is 11.8 Å². The number of aromatic hydroxyl groups is 1. The zero-order valence-corrected chi connectivity index (χ0v) is 17.9. The number of thioether (sulfide) groups is 1. The number of hydrogen-bond donors (Lipinski definition) is 2. The Hall–Kier alpha value is -3.52. The van der Waals surface area contributed by atoms with Gasteiger partial charge in [-0.25, -0.2) is 4.99 Å². The summed E-state index contributed by atoms with van der Waals surface area (Å²) in [7, 11) is 1.45. The predicted molar refractivity (Wildman–Crippen MR) is 123 cm³/mol. The summed E-state index contributed by atoms with van der Waals surface area (Å²) in [6.07, 6.45) is 3.22. The molecule has 160 valence electrons. The van der Waals surface area contributed by atoms with Gasteiger partial charge in [0.15, 0.2) is 16.7 Å². The number of carbonyl (C=O) groups excluding carboxylic acids is 2. The number of nitrogens with zero attached hydrogens (tertiary/aromatic N) is 2. The standard InChI is InChI=1S/C23H23N3O4S/c1-3-11-26-22(29)18(12-17-9-10-19(27)20(13-17)30-2)25-23(26)31-15-21(28)24-14-16-7-5-4-6-8-16/h3-10,12-13,27H,1,11,14-15H2,2H3,(H,24,28). The molecule has 3 rings (SSSR count). The Morgan fingerprint density at radius 3 is 2.77 bits per heavy atom. The van der Waals surface area contributed by atoms with Gasteiger partial charge in [-0.2, -0.15) is 0 Å². The van der Waals surface area contributed by atoms with E-state index in [-0.39, 0.29) is 35.6 Å². The number of phenolic OH excluding ortho intramolecular Hbond substituents is 1. The summed E-state index contributed by atoms with van der Waals surface area (Å²) in [6, 6.07) is 14.4. The first-order chi connectivity index (χ1) is 15.0. The third kappa shape index (κ3) is 5.76. The number of hydrogen-bond acceptors (Lipinski definition) is 6. The first-order valence-electron chi connectivity index (χ1n) is 9.55. The van der Waals surface area contributed by atoms with E-state index < -0.39 is 0 Å². The van der Waals surface area contributed by atoms with Crippen LogP contribution in [0.25, 0.3) is 6.08 Å². The van der Waals surface area contributed by atoms with Crippen molar-refractivity contribution in [1.82, 2.24) is 10.2 Å². The van der Waals surface area contributed by atoms with Gasteiger partial charge in [-0.15, -0.1) is 6.58 Å². The minimum atomic E-state index is -0.279. The molecule has 0 saturated carbocycles. The number of benzene rings is 2. The quantitative estimate of drug-likeness (QED) is 0.489. The van der Waals surface area contributed by atoms with Gasteiger partial charge < -0.3 is 15.2 Å². The van der Waals surface area contributed by atoms with Crippen molar-refractivity contribution in [3.8, 4) is 11.5 Å². The van der Waals surface area contributed by atoms with Gasteiger partial charge in [0.05, 0.1) is 12.9 Å². The molecule has 0 radical (unpaired) electrons. The predicted octanol–water partition coefficient (Wildman–Crippen LogP) is 3.18. The maximum absolute atomic E-state index is 12.8. The minimum Gasteiger partial charge on any atom is -0.504 e. The molecule has 0 bridgehead atoms. The van der Waals surface area contributed by atoms with Gasteiger partial charge in [-0.3, -0.25) is 14.5 Å². The Morgan fingerprint density at radius 1 is 1.29 bits per heavy atom. The smallest absolute Gasteiger partial charge is 0.278 e. The van der Waals surface area contributed by atoms with Crippen LogP contribution in [0.1, 0.15) is 11.1 Å². The van der Waals surface area contributed by atoms with Crippen LogP contribution in [-0.2, 0) is 16.1 Å². The van der Waals surface area contributed by atoms with Crippen LogP contribution in [0.15, 0.2) is 71.9 Å². The second kappa shape index (κ2) is 10.5. The molecule has 31 heavy (non-hydrogen) atoms. The number of rotatable bonds is 8. The number of aliphatic imine (C=N–C) groups is 1. The van der Waals surface area contributed by atoms with Gasteiger partial charge in [-0.1, -0.05) is 54.2 Å². The van der Waals surface area contributed by atoms with Crippen molar-refractivity contribution in [2.24, 2.45) is 4.99 Å². The molecule has 2 aromatic rings. The normalized spacial score (nSPS) is 14.5. The highest BCUT2D eigenvalue weighted by molar-refractivity contribution is 8.14. The summed E-state index contributed by atoms with van der Waals surface area (Å²) in [5, 5.41) is 13.0. The van der Waals surface area contributed by atoms with Gasteiger partial charge in [-0.05, 0) is 29.3 Å². The van der Waals surface area contributed by atoms with E-state index in [9.17, 15) is 14.7 Å². The fourth-order valence-corrected chi connectivity index (χ4v) is 3.69. The molecule has 0 aliphatic carbocycles. The molecule has 0 saturated heterocycles. The Kier molecular flexibility index (Phi) is 7.50. The zero-order chi connectivity index (χ0) is 22.2. The van der Waals surface area contributed by atoms with Gasteiger partial charge in [0, 0.05) is 13.1 Å². The second-order valence-corrected chi connectivity index (χ2v) is 7.55. The molecule has 7 nitrogen and oxygen atoms in total. The lowest BCUT2D eigenvalue weighted by molar-refractivity contribution is -0.122. The van der Waals surface area contributed by atoms with E-state index in [1.165, 1.54) is 29.8 Å². The lowest BCUT2D eigenvalue weighted by atomic mass is 10.1. The number of phenols is 1. The van der Waals surface area contributed by atoms with Crippen LogP contribution in [-0.4, -0.2) is 46.4 Å². The van der Waals surface area contributed by atoms with E-state index in [0.717, 1.165) is 5.56 Å². The average Bonchev–Trinajstić information content (AvgIpc) is 3.07. The Labute approximate surface area is 185 Å². The number of ether oxygens (including phenoxy) is 1. The van der Waals surface area contributed by atoms with E-state index in [4.69, 9.17) is 4.74 Å². The third-order valence-corrected chi connectivity index (χ3v) is 5.37. The molecule has 0 fully saturated rings. The topological polar surface area (TPSA) is 91.2 Å². The van der Waals surface area contributed by atoms with Gasteiger partial charge in [0.25, 0.3) is 5.91 Å². The van der Waals surface area contributed by atoms with Gasteiger partial charge in [0.2, 0.25) is 5.91 Å². The fraction of sp³-hybridized carbons (Fsp3) is 0.174. The lowest BCUT2D eigenvalue weighted by Crippen LogP contribution is -2.32. The summed E-state index contributed by atoms with van der Waals surface area (Å²) < 4.78 is 5.11. The highest BCUT2D eigenvalue weighted by Crippen LogP contribution is 2.29. The van der Waals surface area contributed by atoms with Crippen LogP contribution in [0.2, 0.25) is 0 Å². The van der Waals surface area contributed by atoms with Crippen molar-refractivity contribution >= 4 is 34.8 Å². The fourth-order valence-electron chi connectivity index (χ4n) is 2.85. The van der Waals surface area contributed by atoms with E-state index >= 15 is 0 Å². The second-order valence-electron chi connectivity index (χ2n) is 6.61. The highest BCUT2D eigenvalue weighted by Gasteiger charge is 2.30. The molecule has 8 heteroatoms. The zero-order valence-electron chi connectivity index (χ0n) is 17.1. The average molecular weight is 438 g/mol. The molecule has 1 heterocycles. The van der Waals surface area contributed by atoms with Crippen molar-refractivity contribution in [1.29, 1.82) is 0 Å². The monoisotopic (exact) mass is 437 g/mol. The summed E-state index contributed by atoms with van der Waals surface area (Å²) in [6.45, 7) is 4.42. The molecule has 1 aliphatic heterocycles. The molecule has 0 aromatic heterocycles. The van der Waals surface area contributed by atoms with Crippen LogP contribution in [0, 0.1) is 0 Å². The van der Waals surface area contributed by atoms with Gasteiger partial charge in [0.1, 0.15) is 5.70 Å². The van der Waals surface area contributed by atoms with Crippen molar-refractivity contribution < 1.29 is 19.4 Å². The minimum absolute atomic E-state index is 0.0111. The van der Waals surface area contributed by atoms with Gasteiger partial charge >= 0.3 is 0 Å². The summed E-state index contributed by atoms with van der Waals surface area (Å²) in [5.74, 6) is 0.0168. The van der Waals surface area contributed by atoms with Crippen molar-refractivity contribution in [3.05, 3.63) is 78.0 Å². The molecule has 2 N–H and O–H groups in total.